The third-order valence-corrected chi connectivity index (χ3v) is 5.05. The van der Waals surface area contributed by atoms with Crippen LogP contribution in [0.4, 0.5) is 18.9 Å². The molecule has 118 valence electrons. The van der Waals surface area contributed by atoms with Crippen LogP contribution in [0.25, 0.3) is 0 Å². The molecule has 1 amide bonds. The second-order valence-corrected chi connectivity index (χ2v) is 7.26. The maximum Gasteiger partial charge on any atom is 0.516 e. The van der Waals surface area contributed by atoms with Crippen LogP contribution in [0.5, 0.6) is 0 Å². The van der Waals surface area contributed by atoms with Crippen molar-refractivity contribution >= 4 is 33.0 Å². The molecule has 21 heavy (non-hydrogen) atoms. The highest BCUT2D eigenvalue weighted by Gasteiger charge is 2.46. The number of sulfonamides is 1. The van der Waals surface area contributed by atoms with Crippen LogP contribution in [0, 0.1) is 0 Å². The molecule has 0 radical (unpaired) electrons. The molecule has 0 aromatic carbocycles. The highest BCUT2D eigenvalue weighted by atomic mass is 32.2. The van der Waals surface area contributed by atoms with Crippen LogP contribution in [0.1, 0.15) is 24.1 Å². The maximum absolute atomic E-state index is 12.4. The zero-order chi connectivity index (χ0) is 15.7. The van der Waals surface area contributed by atoms with Crippen molar-refractivity contribution in [2.45, 2.75) is 31.3 Å². The van der Waals surface area contributed by atoms with Gasteiger partial charge in [-0.2, -0.15) is 21.6 Å². The highest BCUT2D eigenvalue weighted by molar-refractivity contribution is 7.93. The van der Waals surface area contributed by atoms with Crippen LogP contribution in [0.2, 0.25) is 0 Å². The zero-order valence-corrected chi connectivity index (χ0v) is 12.4. The second kappa shape index (κ2) is 5.84. The van der Waals surface area contributed by atoms with Crippen molar-refractivity contribution in [3.8, 4) is 0 Å². The maximum atomic E-state index is 12.4. The van der Waals surface area contributed by atoms with E-state index in [2.05, 4.69) is 0 Å². The summed E-state index contributed by atoms with van der Waals surface area (Å²) in [6.07, 6.45) is 2.04. The number of nitrogens with one attached hydrogen (secondary N) is 1. The molecule has 1 aliphatic rings. The number of nitrogens with zero attached hydrogens (tertiary/aromatic N) is 1. The van der Waals surface area contributed by atoms with Crippen molar-refractivity contribution in [1.82, 2.24) is 4.90 Å². The molecule has 0 unspecified atom stereocenters. The Balaban J connectivity index is 2.14. The van der Waals surface area contributed by atoms with E-state index in [0.717, 1.165) is 24.2 Å². The number of likely N-dealkylation sites (tertiary alicyclic amines) is 1. The number of piperidine rings is 1. The summed E-state index contributed by atoms with van der Waals surface area (Å²) in [4.78, 5) is 13.6. The lowest BCUT2D eigenvalue weighted by Crippen LogP contribution is -2.35. The minimum atomic E-state index is -5.44. The summed E-state index contributed by atoms with van der Waals surface area (Å²) in [5.41, 5.74) is -5.50. The molecule has 2 rings (SSSR count). The van der Waals surface area contributed by atoms with Gasteiger partial charge in [-0.1, -0.05) is 0 Å². The first-order valence-corrected chi connectivity index (χ1v) is 8.50. The van der Waals surface area contributed by atoms with Crippen LogP contribution in [-0.2, 0) is 21.4 Å². The Morgan fingerprint density at radius 3 is 2.67 bits per heavy atom. The first-order chi connectivity index (χ1) is 9.71. The van der Waals surface area contributed by atoms with Gasteiger partial charge in [0, 0.05) is 17.8 Å². The Morgan fingerprint density at radius 1 is 1.33 bits per heavy atom. The van der Waals surface area contributed by atoms with Gasteiger partial charge in [0.05, 0.1) is 12.2 Å². The van der Waals surface area contributed by atoms with Crippen molar-refractivity contribution in [1.29, 1.82) is 0 Å². The van der Waals surface area contributed by atoms with Gasteiger partial charge in [0.1, 0.15) is 0 Å². The number of rotatable bonds is 4. The zero-order valence-electron chi connectivity index (χ0n) is 10.8. The van der Waals surface area contributed by atoms with Gasteiger partial charge in [-0.25, -0.2) is 0 Å². The van der Waals surface area contributed by atoms with Crippen molar-refractivity contribution in [2.24, 2.45) is 0 Å². The summed E-state index contributed by atoms with van der Waals surface area (Å²) in [6, 6.07) is 1.26. The van der Waals surface area contributed by atoms with E-state index in [1.807, 2.05) is 0 Å². The molecule has 1 N–H and O–H groups in total. The van der Waals surface area contributed by atoms with Gasteiger partial charge >= 0.3 is 15.5 Å². The molecule has 10 heteroatoms. The number of amides is 1. The molecule has 1 aromatic rings. The molecule has 0 atom stereocenters. The van der Waals surface area contributed by atoms with E-state index in [9.17, 15) is 26.4 Å². The standard InChI is InChI=1S/C11H13F3N2O3S2/c12-11(13,14)21(18,19)15-8-4-6-20-9(8)7-16-5-2-1-3-10(16)17/h4,6,15H,1-3,5,7H2. The Kier molecular flexibility index (Phi) is 4.47. The van der Waals surface area contributed by atoms with E-state index < -0.39 is 15.5 Å². The summed E-state index contributed by atoms with van der Waals surface area (Å²) >= 11 is 1.11. The molecule has 0 bridgehead atoms. The fraction of sp³-hybridized carbons (Fsp3) is 0.545. The van der Waals surface area contributed by atoms with E-state index >= 15 is 0 Å². The smallest absolute Gasteiger partial charge is 0.337 e. The van der Waals surface area contributed by atoms with Gasteiger partial charge in [0.25, 0.3) is 0 Å². The average molecular weight is 342 g/mol. The van der Waals surface area contributed by atoms with Gasteiger partial charge < -0.3 is 4.90 Å². The fourth-order valence-electron chi connectivity index (χ4n) is 1.96. The lowest BCUT2D eigenvalue weighted by Gasteiger charge is -2.26. The molecule has 1 saturated heterocycles. The Morgan fingerprint density at radius 2 is 2.05 bits per heavy atom. The first-order valence-electron chi connectivity index (χ1n) is 6.14. The minimum Gasteiger partial charge on any atom is -0.337 e. The third-order valence-electron chi connectivity index (χ3n) is 3.05. The monoisotopic (exact) mass is 342 g/mol. The molecule has 0 aliphatic carbocycles. The molecular formula is C11H13F3N2O3S2. The summed E-state index contributed by atoms with van der Waals surface area (Å²) < 4.78 is 60.9. The van der Waals surface area contributed by atoms with Crippen molar-refractivity contribution in [3.63, 3.8) is 0 Å². The van der Waals surface area contributed by atoms with Gasteiger partial charge in [0.15, 0.2) is 0 Å². The summed E-state index contributed by atoms with van der Waals surface area (Å²) in [5.74, 6) is -0.0701. The predicted molar refractivity (Wildman–Crippen MR) is 72.2 cm³/mol. The molecule has 1 aliphatic heterocycles. The largest absolute Gasteiger partial charge is 0.516 e. The first kappa shape index (κ1) is 16.1. The number of alkyl halides is 3. The Bertz CT molecular complexity index is 625. The van der Waals surface area contributed by atoms with Crippen LogP contribution in [0.3, 0.4) is 0 Å². The number of anilines is 1. The molecule has 1 aromatic heterocycles. The van der Waals surface area contributed by atoms with E-state index in [4.69, 9.17) is 0 Å². The number of hydrogen-bond acceptors (Lipinski definition) is 4. The quantitative estimate of drug-likeness (QED) is 0.914. The van der Waals surface area contributed by atoms with Gasteiger partial charge in [0.2, 0.25) is 5.91 Å². The second-order valence-electron chi connectivity index (χ2n) is 4.58. The highest BCUT2D eigenvalue weighted by Crippen LogP contribution is 2.30. The molecule has 2 heterocycles. The number of halogens is 3. The van der Waals surface area contributed by atoms with Crippen LogP contribution in [-0.4, -0.2) is 31.3 Å². The summed E-state index contributed by atoms with van der Waals surface area (Å²) in [7, 11) is -5.44. The van der Waals surface area contributed by atoms with Crippen molar-refractivity contribution in [3.05, 3.63) is 16.3 Å². The number of thiophene rings is 1. The fourth-order valence-corrected chi connectivity index (χ4v) is 3.46. The molecule has 0 spiro atoms. The summed E-state index contributed by atoms with van der Waals surface area (Å²) in [6.45, 7) is 0.647. The molecule has 1 fully saturated rings. The normalized spacial score (nSPS) is 17.1. The number of hydrogen-bond donors (Lipinski definition) is 1. The lowest BCUT2D eigenvalue weighted by molar-refractivity contribution is -0.133. The van der Waals surface area contributed by atoms with Crippen molar-refractivity contribution < 1.29 is 26.4 Å². The Labute approximate surface area is 123 Å². The van der Waals surface area contributed by atoms with E-state index in [-0.39, 0.29) is 18.1 Å². The van der Waals surface area contributed by atoms with Crippen LogP contribution in [0.15, 0.2) is 11.4 Å². The van der Waals surface area contributed by atoms with E-state index in [1.165, 1.54) is 21.1 Å². The minimum absolute atomic E-state index is 0.0701. The summed E-state index contributed by atoms with van der Waals surface area (Å²) in [5, 5.41) is 1.48. The van der Waals surface area contributed by atoms with Crippen LogP contribution < -0.4 is 4.72 Å². The lowest BCUT2D eigenvalue weighted by atomic mass is 10.1. The SMILES string of the molecule is O=C1CCCCN1Cc1sccc1NS(=O)(=O)C(F)(F)F. The molecule has 0 saturated carbocycles. The van der Waals surface area contributed by atoms with E-state index in [0.29, 0.717) is 17.8 Å². The van der Waals surface area contributed by atoms with Gasteiger partial charge in [-0.3, -0.25) is 9.52 Å². The van der Waals surface area contributed by atoms with Gasteiger partial charge in [-0.15, -0.1) is 11.3 Å². The third kappa shape index (κ3) is 3.67. The number of carbonyl (C=O) groups is 1. The molecule has 5 nitrogen and oxygen atoms in total. The Hall–Kier alpha value is -1.29. The van der Waals surface area contributed by atoms with Gasteiger partial charge in [-0.05, 0) is 24.3 Å². The van der Waals surface area contributed by atoms with E-state index in [1.54, 1.807) is 0 Å². The van der Waals surface area contributed by atoms with Crippen molar-refractivity contribution in [2.75, 3.05) is 11.3 Å². The van der Waals surface area contributed by atoms with Crippen LogP contribution >= 0.6 is 11.3 Å². The molecular weight excluding hydrogens is 329 g/mol. The number of carbonyl (C=O) groups excluding carboxylic acids is 1. The topological polar surface area (TPSA) is 66.5 Å². The average Bonchev–Trinajstić information content (AvgIpc) is 2.77. The predicted octanol–water partition coefficient (Wildman–Crippen LogP) is 2.52.